The van der Waals surface area contributed by atoms with E-state index in [0.717, 1.165) is 11.1 Å². The highest BCUT2D eigenvalue weighted by Crippen LogP contribution is 2.21. The molecule has 0 heterocycles. The Morgan fingerprint density at radius 1 is 1.41 bits per heavy atom. The number of carbonyl (C=O) groups excluding carboxylic acids is 1. The molecule has 0 aliphatic heterocycles. The SMILES string of the molecule is C=C(NC(C)=O)c1cc(C(C)NC)ccc1C. The van der Waals surface area contributed by atoms with Crippen LogP contribution >= 0.6 is 0 Å². The molecule has 1 aromatic rings. The molecule has 1 aromatic carbocycles. The van der Waals surface area contributed by atoms with Crippen molar-refractivity contribution in [2.75, 3.05) is 7.05 Å². The molecular formula is C14H20N2O. The van der Waals surface area contributed by atoms with Gasteiger partial charge in [-0.3, -0.25) is 4.79 Å². The Labute approximate surface area is 103 Å². The zero-order valence-electron chi connectivity index (χ0n) is 10.9. The number of hydrogen-bond donors (Lipinski definition) is 2. The summed E-state index contributed by atoms with van der Waals surface area (Å²) < 4.78 is 0. The Morgan fingerprint density at radius 2 is 2.06 bits per heavy atom. The molecule has 1 amide bonds. The third-order valence-corrected chi connectivity index (χ3v) is 2.85. The van der Waals surface area contributed by atoms with E-state index in [1.807, 2.05) is 20.0 Å². The van der Waals surface area contributed by atoms with Crippen LogP contribution in [0.1, 0.15) is 36.6 Å². The van der Waals surface area contributed by atoms with Crippen molar-refractivity contribution in [1.29, 1.82) is 0 Å². The van der Waals surface area contributed by atoms with Gasteiger partial charge in [0.1, 0.15) is 0 Å². The number of hydrogen-bond acceptors (Lipinski definition) is 2. The van der Waals surface area contributed by atoms with E-state index in [-0.39, 0.29) is 11.9 Å². The molecule has 1 atom stereocenters. The van der Waals surface area contributed by atoms with Gasteiger partial charge in [0.15, 0.2) is 0 Å². The first-order valence-electron chi connectivity index (χ1n) is 5.70. The van der Waals surface area contributed by atoms with Crippen molar-refractivity contribution in [3.8, 4) is 0 Å². The lowest BCUT2D eigenvalue weighted by atomic mass is 9.99. The predicted octanol–water partition coefficient (Wildman–Crippen LogP) is 2.38. The van der Waals surface area contributed by atoms with Gasteiger partial charge in [-0.1, -0.05) is 18.7 Å². The van der Waals surface area contributed by atoms with Crippen molar-refractivity contribution >= 4 is 11.6 Å². The number of benzene rings is 1. The van der Waals surface area contributed by atoms with Crippen LogP contribution in [0.25, 0.3) is 5.70 Å². The second-order valence-electron chi connectivity index (χ2n) is 4.24. The summed E-state index contributed by atoms with van der Waals surface area (Å²) in [5, 5.41) is 5.92. The van der Waals surface area contributed by atoms with Gasteiger partial charge < -0.3 is 10.6 Å². The Hall–Kier alpha value is -1.61. The van der Waals surface area contributed by atoms with Gasteiger partial charge in [-0.2, -0.15) is 0 Å². The largest absolute Gasteiger partial charge is 0.326 e. The van der Waals surface area contributed by atoms with Gasteiger partial charge in [-0.15, -0.1) is 0 Å². The smallest absolute Gasteiger partial charge is 0.221 e. The van der Waals surface area contributed by atoms with Crippen LogP contribution in [0.2, 0.25) is 0 Å². The predicted molar refractivity (Wildman–Crippen MR) is 71.5 cm³/mol. The van der Waals surface area contributed by atoms with E-state index in [1.54, 1.807) is 0 Å². The number of rotatable bonds is 4. The first kappa shape index (κ1) is 13.5. The second kappa shape index (κ2) is 5.64. The van der Waals surface area contributed by atoms with Crippen LogP contribution in [-0.4, -0.2) is 13.0 Å². The van der Waals surface area contributed by atoms with Crippen molar-refractivity contribution in [3.63, 3.8) is 0 Å². The Balaban J connectivity index is 3.06. The lowest BCUT2D eigenvalue weighted by Gasteiger charge is -2.15. The normalized spacial score (nSPS) is 12.0. The van der Waals surface area contributed by atoms with Gasteiger partial charge >= 0.3 is 0 Å². The fourth-order valence-corrected chi connectivity index (χ4v) is 1.68. The van der Waals surface area contributed by atoms with E-state index in [0.29, 0.717) is 5.70 Å². The molecule has 0 aliphatic rings. The van der Waals surface area contributed by atoms with Crippen LogP contribution < -0.4 is 10.6 Å². The van der Waals surface area contributed by atoms with Gasteiger partial charge in [-0.05, 0) is 38.1 Å². The molecule has 0 saturated heterocycles. The Bertz CT molecular complexity index is 438. The monoisotopic (exact) mass is 232 g/mol. The van der Waals surface area contributed by atoms with Crippen LogP contribution in [0.5, 0.6) is 0 Å². The Kier molecular flexibility index (Phi) is 4.46. The average Bonchev–Trinajstić information content (AvgIpc) is 2.27. The standard InChI is InChI=1S/C14H20N2O/c1-9-6-7-13(10(2)15-5)8-14(9)11(3)16-12(4)17/h6-8,10,15H,3H2,1-2,4-5H3,(H,16,17). The van der Waals surface area contributed by atoms with E-state index in [9.17, 15) is 4.79 Å². The number of carbonyl (C=O) groups is 1. The summed E-state index contributed by atoms with van der Waals surface area (Å²) in [6.45, 7) is 9.49. The molecule has 92 valence electrons. The molecule has 1 unspecified atom stereocenters. The number of aryl methyl sites for hydroxylation is 1. The maximum Gasteiger partial charge on any atom is 0.221 e. The minimum atomic E-state index is -0.0959. The molecule has 17 heavy (non-hydrogen) atoms. The summed E-state index contributed by atoms with van der Waals surface area (Å²) in [6.07, 6.45) is 0. The van der Waals surface area contributed by atoms with Crippen LogP contribution in [0.15, 0.2) is 24.8 Å². The summed E-state index contributed by atoms with van der Waals surface area (Å²) in [7, 11) is 1.92. The quantitative estimate of drug-likeness (QED) is 0.837. The summed E-state index contributed by atoms with van der Waals surface area (Å²) in [5.74, 6) is -0.0959. The summed E-state index contributed by atoms with van der Waals surface area (Å²) in [6, 6.07) is 6.47. The summed E-state index contributed by atoms with van der Waals surface area (Å²) in [5.41, 5.74) is 3.93. The van der Waals surface area contributed by atoms with E-state index < -0.39 is 0 Å². The summed E-state index contributed by atoms with van der Waals surface area (Å²) in [4.78, 5) is 11.0. The number of nitrogens with one attached hydrogen (secondary N) is 2. The second-order valence-corrected chi connectivity index (χ2v) is 4.24. The van der Waals surface area contributed by atoms with Crippen LogP contribution in [0, 0.1) is 6.92 Å². The molecule has 0 saturated carbocycles. The molecular weight excluding hydrogens is 212 g/mol. The lowest BCUT2D eigenvalue weighted by molar-refractivity contribution is -0.117. The highest BCUT2D eigenvalue weighted by atomic mass is 16.1. The van der Waals surface area contributed by atoms with Crippen molar-refractivity contribution < 1.29 is 4.79 Å². The first-order chi connectivity index (χ1) is 7.95. The van der Waals surface area contributed by atoms with Crippen molar-refractivity contribution in [2.24, 2.45) is 0 Å². The third kappa shape index (κ3) is 3.43. The molecule has 0 fully saturated rings. The van der Waals surface area contributed by atoms with Crippen LogP contribution in [0.3, 0.4) is 0 Å². The maximum absolute atomic E-state index is 11.0. The van der Waals surface area contributed by atoms with E-state index in [4.69, 9.17) is 0 Å². The van der Waals surface area contributed by atoms with E-state index >= 15 is 0 Å². The Morgan fingerprint density at radius 3 is 2.59 bits per heavy atom. The molecule has 3 nitrogen and oxygen atoms in total. The number of amides is 1. The highest BCUT2D eigenvalue weighted by Gasteiger charge is 2.08. The van der Waals surface area contributed by atoms with Crippen molar-refractivity contribution in [2.45, 2.75) is 26.8 Å². The third-order valence-electron chi connectivity index (χ3n) is 2.85. The lowest BCUT2D eigenvalue weighted by Crippen LogP contribution is -2.18. The maximum atomic E-state index is 11.0. The molecule has 1 rings (SSSR count). The van der Waals surface area contributed by atoms with Gasteiger partial charge in [0, 0.05) is 24.2 Å². The molecule has 0 aromatic heterocycles. The van der Waals surface area contributed by atoms with Gasteiger partial charge in [0.2, 0.25) is 5.91 Å². The van der Waals surface area contributed by atoms with Crippen LogP contribution in [-0.2, 0) is 4.79 Å². The van der Waals surface area contributed by atoms with E-state index in [2.05, 4.69) is 36.3 Å². The zero-order valence-corrected chi connectivity index (χ0v) is 10.9. The topological polar surface area (TPSA) is 41.1 Å². The minimum Gasteiger partial charge on any atom is -0.326 e. The molecule has 0 aliphatic carbocycles. The zero-order chi connectivity index (χ0) is 13.0. The minimum absolute atomic E-state index is 0.0959. The highest BCUT2D eigenvalue weighted by molar-refractivity contribution is 5.84. The fraction of sp³-hybridized carbons (Fsp3) is 0.357. The van der Waals surface area contributed by atoms with Gasteiger partial charge in [-0.25, -0.2) is 0 Å². The van der Waals surface area contributed by atoms with Gasteiger partial charge in [0.05, 0.1) is 0 Å². The molecule has 0 radical (unpaired) electrons. The molecule has 3 heteroatoms. The molecule has 0 spiro atoms. The fourth-order valence-electron chi connectivity index (χ4n) is 1.68. The molecule has 2 N–H and O–H groups in total. The average molecular weight is 232 g/mol. The van der Waals surface area contributed by atoms with Gasteiger partial charge in [0.25, 0.3) is 0 Å². The van der Waals surface area contributed by atoms with E-state index in [1.165, 1.54) is 12.5 Å². The van der Waals surface area contributed by atoms with Crippen molar-refractivity contribution in [3.05, 3.63) is 41.5 Å². The summed E-state index contributed by atoms with van der Waals surface area (Å²) >= 11 is 0. The first-order valence-corrected chi connectivity index (χ1v) is 5.70. The molecule has 0 bridgehead atoms. The van der Waals surface area contributed by atoms with Crippen LogP contribution in [0.4, 0.5) is 0 Å². The van der Waals surface area contributed by atoms with Crippen molar-refractivity contribution in [1.82, 2.24) is 10.6 Å².